The molecule has 0 saturated heterocycles. The van der Waals surface area contributed by atoms with E-state index < -0.39 is 5.97 Å². The molecule has 138 valence electrons. The van der Waals surface area contributed by atoms with Crippen LogP contribution in [0.2, 0.25) is 0 Å². The molecule has 0 aliphatic carbocycles. The van der Waals surface area contributed by atoms with Gasteiger partial charge in [-0.15, -0.1) is 0 Å². The topological polar surface area (TPSA) is 35.5 Å². The Morgan fingerprint density at radius 1 is 0.926 bits per heavy atom. The standard InChI is InChI=1S/C23H21FO3/c1-3-4-16-5-14-21(22(24)15-16)17-6-8-18(9-7-17)23(25)27-20-12-10-19(26-2)11-13-20/h5-15H,3-4H2,1-2H3. The average Bonchev–Trinajstić information content (AvgIpc) is 2.69. The van der Waals surface area contributed by atoms with E-state index in [4.69, 9.17) is 9.47 Å². The van der Waals surface area contributed by atoms with Crippen LogP contribution < -0.4 is 9.47 Å². The summed E-state index contributed by atoms with van der Waals surface area (Å²) in [7, 11) is 1.57. The molecule has 3 nitrogen and oxygen atoms in total. The third-order valence-electron chi connectivity index (χ3n) is 4.27. The van der Waals surface area contributed by atoms with Gasteiger partial charge in [-0.2, -0.15) is 0 Å². The van der Waals surface area contributed by atoms with Crippen LogP contribution in [0.3, 0.4) is 0 Å². The smallest absolute Gasteiger partial charge is 0.343 e. The molecule has 0 aliphatic rings. The van der Waals surface area contributed by atoms with E-state index in [-0.39, 0.29) is 5.82 Å². The number of rotatable bonds is 6. The minimum Gasteiger partial charge on any atom is -0.497 e. The molecule has 3 aromatic carbocycles. The lowest BCUT2D eigenvalue weighted by atomic mass is 10.0. The van der Waals surface area contributed by atoms with Crippen LogP contribution in [0.5, 0.6) is 11.5 Å². The van der Waals surface area contributed by atoms with Gasteiger partial charge in [-0.05, 0) is 60.0 Å². The van der Waals surface area contributed by atoms with Gasteiger partial charge in [0.1, 0.15) is 17.3 Å². The van der Waals surface area contributed by atoms with Crippen molar-refractivity contribution in [3.05, 3.63) is 83.7 Å². The molecule has 0 unspecified atom stereocenters. The Kier molecular flexibility index (Phi) is 5.87. The number of halogens is 1. The van der Waals surface area contributed by atoms with E-state index in [9.17, 15) is 9.18 Å². The summed E-state index contributed by atoms with van der Waals surface area (Å²) in [6.07, 6.45) is 1.83. The van der Waals surface area contributed by atoms with Crippen LogP contribution in [0.25, 0.3) is 11.1 Å². The van der Waals surface area contributed by atoms with Gasteiger partial charge in [0.15, 0.2) is 0 Å². The molecule has 3 rings (SSSR count). The largest absolute Gasteiger partial charge is 0.497 e. The van der Waals surface area contributed by atoms with Gasteiger partial charge in [0.2, 0.25) is 0 Å². The van der Waals surface area contributed by atoms with Crippen LogP contribution in [0, 0.1) is 5.82 Å². The van der Waals surface area contributed by atoms with Crippen molar-refractivity contribution in [2.24, 2.45) is 0 Å². The normalized spacial score (nSPS) is 10.5. The zero-order valence-electron chi connectivity index (χ0n) is 15.4. The van der Waals surface area contributed by atoms with E-state index >= 15 is 0 Å². The van der Waals surface area contributed by atoms with Crippen molar-refractivity contribution >= 4 is 5.97 Å². The molecular weight excluding hydrogens is 343 g/mol. The number of carbonyl (C=O) groups excluding carboxylic acids is 1. The highest BCUT2D eigenvalue weighted by Crippen LogP contribution is 2.25. The number of methoxy groups -OCH3 is 1. The van der Waals surface area contributed by atoms with Gasteiger partial charge in [0.05, 0.1) is 12.7 Å². The van der Waals surface area contributed by atoms with E-state index in [0.717, 1.165) is 24.0 Å². The van der Waals surface area contributed by atoms with Crippen molar-refractivity contribution in [3.8, 4) is 22.6 Å². The maximum absolute atomic E-state index is 14.4. The third-order valence-corrected chi connectivity index (χ3v) is 4.27. The Bertz CT molecular complexity index is 915. The summed E-state index contributed by atoms with van der Waals surface area (Å²) in [5.74, 6) is 0.397. The lowest BCUT2D eigenvalue weighted by Crippen LogP contribution is -2.08. The van der Waals surface area contributed by atoms with Crippen molar-refractivity contribution in [1.82, 2.24) is 0 Å². The quantitative estimate of drug-likeness (QED) is 0.417. The van der Waals surface area contributed by atoms with Gasteiger partial charge in [-0.3, -0.25) is 0 Å². The number of ether oxygens (including phenoxy) is 2. The van der Waals surface area contributed by atoms with Gasteiger partial charge < -0.3 is 9.47 Å². The first-order valence-corrected chi connectivity index (χ1v) is 8.86. The van der Waals surface area contributed by atoms with Crippen LogP contribution in [0.15, 0.2) is 66.7 Å². The van der Waals surface area contributed by atoms with Crippen LogP contribution in [0.1, 0.15) is 29.3 Å². The lowest BCUT2D eigenvalue weighted by molar-refractivity contribution is 0.0734. The summed E-state index contributed by atoms with van der Waals surface area (Å²) in [5, 5.41) is 0. The highest BCUT2D eigenvalue weighted by Gasteiger charge is 2.11. The first-order chi connectivity index (χ1) is 13.1. The minimum atomic E-state index is -0.467. The highest BCUT2D eigenvalue weighted by molar-refractivity contribution is 5.91. The molecule has 4 heteroatoms. The lowest BCUT2D eigenvalue weighted by Gasteiger charge is -2.08. The van der Waals surface area contributed by atoms with Gasteiger partial charge in [-0.25, -0.2) is 9.18 Å². The van der Waals surface area contributed by atoms with Crippen molar-refractivity contribution < 1.29 is 18.7 Å². The zero-order chi connectivity index (χ0) is 19.2. The van der Waals surface area contributed by atoms with Gasteiger partial charge >= 0.3 is 5.97 Å². The van der Waals surface area contributed by atoms with E-state index in [0.29, 0.717) is 22.6 Å². The van der Waals surface area contributed by atoms with Crippen LogP contribution in [0.4, 0.5) is 4.39 Å². The van der Waals surface area contributed by atoms with E-state index in [1.54, 1.807) is 67.8 Å². The summed E-state index contributed by atoms with van der Waals surface area (Å²) in [4.78, 5) is 12.3. The second-order valence-corrected chi connectivity index (χ2v) is 6.21. The molecule has 0 bridgehead atoms. The number of hydrogen-bond acceptors (Lipinski definition) is 3. The summed E-state index contributed by atoms with van der Waals surface area (Å²) < 4.78 is 24.8. The summed E-state index contributed by atoms with van der Waals surface area (Å²) >= 11 is 0. The number of esters is 1. The molecule has 0 N–H and O–H groups in total. The Balaban J connectivity index is 1.73. The fourth-order valence-corrected chi connectivity index (χ4v) is 2.83. The predicted octanol–water partition coefficient (Wildman–Crippen LogP) is 5.67. The summed E-state index contributed by atoms with van der Waals surface area (Å²) in [6.45, 7) is 2.07. The molecule has 0 saturated carbocycles. The molecule has 0 heterocycles. The van der Waals surface area contributed by atoms with Gasteiger partial charge in [-0.1, -0.05) is 37.6 Å². The van der Waals surface area contributed by atoms with Gasteiger partial charge in [0.25, 0.3) is 0 Å². The molecule has 27 heavy (non-hydrogen) atoms. The summed E-state index contributed by atoms with van der Waals surface area (Å²) in [5.41, 5.74) is 2.62. The van der Waals surface area contributed by atoms with Crippen LogP contribution in [-0.2, 0) is 6.42 Å². The Labute approximate surface area is 158 Å². The number of hydrogen-bond donors (Lipinski definition) is 0. The van der Waals surface area contributed by atoms with Crippen molar-refractivity contribution in [3.63, 3.8) is 0 Å². The predicted molar refractivity (Wildman–Crippen MR) is 104 cm³/mol. The second kappa shape index (κ2) is 8.49. The number of benzene rings is 3. The van der Waals surface area contributed by atoms with E-state index in [1.165, 1.54) is 0 Å². The molecule has 0 spiro atoms. The third kappa shape index (κ3) is 4.53. The fraction of sp³-hybridized carbons (Fsp3) is 0.174. The maximum atomic E-state index is 14.4. The van der Waals surface area contributed by atoms with E-state index in [2.05, 4.69) is 6.92 Å². The number of carbonyl (C=O) groups is 1. The second-order valence-electron chi connectivity index (χ2n) is 6.21. The Morgan fingerprint density at radius 3 is 2.19 bits per heavy atom. The first kappa shape index (κ1) is 18.6. The number of aryl methyl sites for hydroxylation is 1. The molecule has 0 amide bonds. The Morgan fingerprint density at radius 2 is 1.59 bits per heavy atom. The highest BCUT2D eigenvalue weighted by atomic mass is 19.1. The fourth-order valence-electron chi connectivity index (χ4n) is 2.83. The van der Waals surface area contributed by atoms with Crippen molar-refractivity contribution in [1.29, 1.82) is 0 Å². The van der Waals surface area contributed by atoms with Crippen LogP contribution >= 0.6 is 0 Å². The Hall–Kier alpha value is -3.14. The first-order valence-electron chi connectivity index (χ1n) is 8.86. The molecule has 3 aromatic rings. The molecule has 0 fully saturated rings. The average molecular weight is 364 g/mol. The molecule has 0 aromatic heterocycles. The molecule has 0 aliphatic heterocycles. The minimum absolute atomic E-state index is 0.255. The maximum Gasteiger partial charge on any atom is 0.343 e. The molecular formula is C23H21FO3. The molecule has 0 atom stereocenters. The zero-order valence-corrected chi connectivity index (χ0v) is 15.4. The van der Waals surface area contributed by atoms with Gasteiger partial charge in [0, 0.05) is 5.56 Å². The van der Waals surface area contributed by atoms with Crippen LogP contribution in [-0.4, -0.2) is 13.1 Å². The molecule has 0 radical (unpaired) electrons. The van der Waals surface area contributed by atoms with E-state index in [1.807, 2.05) is 6.07 Å². The monoisotopic (exact) mass is 364 g/mol. The van der Waals surface area contributed by atoms with Crippen molar-refractivity contribution in [2.45, 2.75) is 19.8 Å². The summed E-state index contributed by atoms with van der Waals surface area (Å²) in [6, 6.07) is 18.8. The van der Waals surface area contributed by atoms with Crippen molar-refractivity contribution in [2.75, 3.05) is 7.11 Å². The SMILES string of the molecule is CCCc1ccc(-c2ccc(C(=O)Oc3ccc(OC)cc3)cc2)c(F)c1.